The Bertz CT molecular complexity index is 978. The fraction of sp³-hybridized carbons (Fsp3) is 0.440. The molecule has 5 nitrogen and oxygen atoms in total. The minimum atomic E-state index is 0.252. The van der Waals surface area contributed by atoms with Gasteiger partial charge in [-0.3, -0.25) is 4.79 Å². The number of amides is 1. The molecule has 2 heterocycles. The number of aryl methyl sites for hydroxylation is 2. The first-order valence-corrected chi connectivity index (χ1v) is 11.0. The molecule has 0 bridgehead atoms. The molecule has 0 aliphatic carbocycles. The van der Waals surface area contributed by atoms with Crippen LogP contribution in [0.4, 0.5) is 0 Å². The van der Waals surface area contributed by atoms with Crippen molar-refractivity contribution in [1.82, 2.24) is 14.9 Å². The Labute approximate surface area is 178 Å². The van der Waals surface area contributed by atoms with Crippen LogP contribution in [0.3, 0.4) is 0 Å². The molecule has 1 aromatic heterocycles. The van der Waals surface area contributed by atoms with E-state index < -0.39 is 0 Å². The number of nitrogens with zero attached hydrogens (tertiary/aromatic N) is 2. The smallest absolute Gasteiger partial charge is 0.222 e. The van der Waals surface area contributed by atoms with E-state index in [2.05, 4.69) is 43.1 Å². The molecule has 1 atom stereocenters. The fourth-order valence-electron chi connectivity index (χ4n) is 4.17. The van der Waals surface area contributed by atoms with E-state index in [1.54, 1.807) is 0 Å². The number of hydrogen-bond acceptors (Lipinski definition) is 3. The molecule has 1 aliphatic heterocycles. The largest absolute Gasteiger partial charge is 0.493 e. The van der Waals surface area contributed by atoms with Gasteiger partial charge in [-0.15, -0.1) is 0 Å². The topological polar surface area (TPSA) is 58.2 Å². The standard InChI is InChI=1S/C25H31N3O2/c1-18-12-13-19(2)23(16-18)30-15-6-5-11-24(29)28-14-7-8-20(17-28)25-26-21-9-3-4-10-22(21)27-25/h3-4,9-10,12-13,16,20H,5-8,11,14-15,17H2,1-2H3,(H,26,27). The normalized spacial score (nSPS) is 16.7. The SMILES string of the molecule is Cc1ccc(C)c(OCCCCC(=O)N2CCCC(c3nc4ccccc4[nH]3)C2)c1. The third kappa shape index (κ3) is 4.84. The number of imidazole rings is 1. The lowest BCUT2D eigenvalue weighted by molar-refractivity contribution is -0.132. The molecule has 3 aromatic rings. The van der Waals surface area contributed by atoms with E-state index in [1.807, 2.05) is 23.1 Å². The number of carbonyl (C=O) groups excluding carboxylic acids is 1. The lowest BCUT2D eigenvalue weighted by atomic mass is 9.97. The van der Waals surface area contributed by atoms with Gasteiger partial charge in [0.1, 0.15) is 11.6 Å². The Hall–Kier alpha value is -2.82. The maximum atomic E-state index is 12.7. The molecule has 1 aliphatic rings. The summed E-state index contributed by atoms with van der Waals surface area (Å²) in [7, 11) is 0. The first kappa shape index (κ1) is 20.5. The number of hydrogen-bond donors (Lipinski definition) is 1. The zero-order valence-electron chi connectivity index (χ0n) is 18.0. The number of likely N-dealkylation sites (tertiary alicyclic amines) is 1. The minimum absolute atomic E-state index is 0.252. The minimum Gasteiger partial charge on any atom is -0.493 e. The molecule has 4 rings (SSSR count). The van der Waals surface area contributed by atoms with Crippen LogP contribution in [0.25, 0.3) is 11.0 Å². The number of fused-ring (bicyclic) bond motifs is 1. The molecule has 5 heteroatoms. The molecule has 0 radical (unpaired) electrons. The van der Waals surface area contributed by atoms with Crippen LogP contribution in [0.15, 0.2) is 42.5 Å². The van der Waals surface area contributed by atoms with Gasteiger partial charge in [0.15, 0.2) is 0 Å². The second-order valence-electron chi connectivity index (χ2n) is 8.39. The van der Waals surface area contributed by atoms with E-state index >= 15 is 0 Å². The Balaban J connectivity index is 1.24. The van der Waals surface area contributed by atoms with Gasteiger partial charge in [-0.05, 0) is 68.9 Å². The van der Waals surface area contributed by atoms with Crippen molar-refractivity contribution in [2.24, 2.45) is 0 Å². The molecule has 30 heavy (non-hydrogen) atoms. The average molecular weight is 406 g/mol. The maximum Gasteiger partial charge on any atom is 0.222 e. The van der Waals surface area contributed by atoms with E-state index in [0.717, 1.165) is 66.9 Å². The summed E-state index contributed by atoms with van der Waals surface area (Å²) >= 11 is 0. The number of aromatic nitrogens is 2. The van der Waals surface area contributed by atoms with Crippen molar-refractivity contribution < 1.29 is 9.53 Å². The molecular weight excluding hydrogens is 374 g/mol. The molecule has 0 spiro atoms. The zero-order valence-corrected chi connectivity index (χ0v) is 18.0. The average Bonchev–Trinajstić information content (AvgIpc) is 3.20. The van der Waals surface area contributed by atoms with Gasteiger partial charge in [-0.25, -0.2) is 4.98 Å². The number of ether oxygens (including phenoxy) is 1. The van der Waals surface area contributed by atoms with Crippen molar-refractivity contribution in [3.05, 3.63) is 59.4 Å². The summed E-state index contributed by atoms with van der Waals surface area (Å²) in [5.41, 5.74) is 4.43. The second kappa shape index (κ2) is 9.33. The first-order valence-electron chi connectivity index (χ1n) is 11.0. The van der Waals surface area contributed by atoms with Crippen LogP contribution < -0.4 is 4.74 Å². The Morgan fingerprint density at radius 3 is 2.93 bits per heavy atom. The van der Waals surface area contributed by atoms with Crippen LogP contribution in [0.5, 0.6) is 5.75 Å². The lowest BCUT2D eigenvalue weighted by Crippen LogP contribution is -2.39. The summed E-state index contributed by atoms with van der Waals surface area (Å²) in [5.74, 6) is 2.51. The highest BCUT2D eigenvalue weighted by atomic mass is 16.5. The van der Waals surface area contributed by atoms with Gasteiger partial charge >= 0.3 is 0 Å². The summed E-state index contributed by atoms with van der Waals surface area (Å²) in [5, 5.41) is 0. The number of rotatable bonds is 7. The lowest BCUT2D eigenvalue weighted by Gasteiger charge is -2.32. The van der Waals surface area contributed by atoms with E-state index in [1.165, 1.54) is 5.56 Å². The van der Waals surface area contributed by atoms with Gasteiger partial charge in [0.25, 0.3) is 0 Å². The van der Waals surface area contributed by atoms with Gasteiger partial charge in [-0.1, -0.05) is 24.3 Å². The number of nitrogens with one attached hydrogen (secondary N) is 1. The fourth-order valence-corrected chi connectivity index (χ4v) is 4.17. The third-order valence-corrected chi connectivity index (χ3v) is 5.95. The predicted octanol–water partition coefficient (Wildman–Crippen LogP) is 5.14. The molecule has 1 saturated heterocycles. The van der Waals surface area contributed by atoms with E-state index in [0.29, 0.717) is 18.9 Å². The predicted molar refractivity (Wildman–Crippen MR) is 120 cm³/mol. The van der Waals surface area contributed by atoms with Crippen molar-refractivity contribution in [2.75, 3.05) is 19.7 Å². The molecular formula is C25H31N3O2. The van der Waals surface area contributed by atoms with E-state index in [4.69, 9.17) is 9.72 Å². The van der Waals surface area contributed by atoms with Crippen molar-refractivity contribution in [3.8, 4) is 5.75 Å². The first-order chi connectivity index (χ1) is 14.6. The van der Waals surface area contributed by atoms with E-state index in [9.17, 15) is 4.79 Å². The molecule has 1 N–H and O–H groups in total. The van der Waals surface area contributed by atoms with Crippen molar-refractivity contribution >= 4 is 16.9 Å². The number of piperidine rings is 1. The van der Waals surface area contributed by atoms with Crippen molar-refractivity contribution in [1.29, 1.82) is 0 Å². The number of H-pyrrole nitrogens is 1. The van der Waals surface area contributed by atoms with Gasteiger partial charge in [0, 0.05) is 25.4 Å². The highest BCUT2D eigenvalue weighted by Crippen LogP contribution is 2.27. The van der Waals surface area contributed by atoms with E-state index in [-0.39, 0.29) is 5.91 Å². The highest BCUT2D eigenvalue weighted by Gasteiger charge is 2.26. The van der Waals surface area contributed by atoms with Crippen molar-refractivity contribution in [2.45, 2.75) is 51.9 Å². The number of aromatic amines is 1. The summed E-state index contributed by atoms with van der Waals surface area (Å²) in [4.78, 5) is 22.9. The van der Waals surface area contributed by atoms with Crippen LogP contribution >= 0.6 is 0 Å². The van der Waals surface area contributed by atoms with Crippen LogP contribution in [0.2, 0.25) is 0 Å². The molecule has 1 amide bonds. The molecule has 158 valence electrons. The van der Waals surface area contributed by atoms with Crippen LogP contribution in [0.1, 0.15) is 55.0 Å². The number of unbranched alkanes of at least 4 members (excludes halogenated alkanes) is 1. The monoisotopic (exact) mass is 405 g/mol. The Morgan fingerprint density at radius 2 is 2.07 bits per heavy atom. The van der Waals surface area contributed by atoms with Gasteiger partial charge in [0.2, 0.25) is 5.91 Å². The number of para-hydroxylation sites is 2. The molecule has 0 saturated carbocycles. The molecule has 2 aromatic carbocycles. The summed E-state index contributed by atoms with van der Waals surface area (Å²) < 4.78 is 5.91. The summed E-state index contributed by atoms with van der Waals surface area (Å²) in [6.07, 6.45) is 4.44. The summed E-state index contributed by atoms with van der Waals surface area (Å²) in [6.45, 7) is 6.40. The van der Waals surface area contributed by atoms with Crippen LogP contribution in [-0.4, -0.2) is 40.5 Å². The quantitative estimate of drug-likeness (QED) is 0.554. The number of benzene rings is 2. The molecule has 1 unspecified atom stereocenters. The van der Waals surface area contributed by atoms with Gasteiger partial charge in [0.05, 0.1) is 17.6 Å². The maximum absolute atomic E-state index is 12.7. The van der Waals surface area contributed by atoms with Gasteiger partial charge in [-0.2, -0.15) is 0 Å². The Kier molecular flexibility index (Phi) is 6.36. The van der Waals surface area contributed by atoms with Gasteiger partial charge < -0.3 is 14.6 Å². The van der Waals surface area contributed by atoms with Crippen LogP contribution in [-0.2, 0) is 4.79 Å². The second-order valence-corrected chi connectivity index (χ2v) is 8.39. The summed E-state index contributed by atoms with van der Waals surface area (Å²) in [6, 6.07) is 14.4. The Morgan fingerprint density at radius 1 is 1.20 bits per heavy atom. The number of carbonyl (C=O) groups is 1. The van der Waals surface area contributed by atoms with Crippen molar-refractivity contribution in [3.63, 3.8) is 0 Å². The zero-order chi connectivity index (χ0) is 20.9. The highest BCUT2D eigenvalue weighted by molar-refractivity contribution is 5.77. The van der Waals surface area contributed by atoms with Crippen LogP contribution in [0, 0.1) is 13.8 Å². The molecule has 1 fully saturated rings. The third-order valence-electron chi connectivity index (χ3n) is 5.95.